The highest BCUT2D eigenvalue weighted by atomic mass is 19.1. The molecule has 3 N–H and O–H groups in total. The number of phenols is 2. The fourth-order valence-corrected chi connectivity index (χ4v) is 7.46. The van der Waals surface area contributed by atoms with Gasteiger partial charge in [0.25, 0.3) is 0 Å². The first-order chi connectivity index (χ1) is 29.7. The number of carbonyl (C=O) groups is 2. The van der Waals surface area contributed by atoms with E-state index >= 15 is 0 Å². The Kier molecular flexibility index (Phi) is 14.2. The molecule has 2 aliphatic heterocycles. The summed E-state index contributed by atoms with van der Waals surface area (Å²) >= 11 is 0. The van der Waals surface area contributed by atoms with Crippen LogP contribution in [-0.2, 0) is 9.47 Å². The van der Waals surface area contributed by atoms with E-state index in [1.54, 1.807) is 75.6 Å². The lowest BCUT2D eigenvalue weighted by atomic mass is 10.0. The van der Waals surface area contributed by atoms with E-state index < -0.39 is 11.2 Å². The van der Waals surface area contributed by atoms with Gasteiger partial charge in [0.2, 0.25) is 0 Å². The molecule has 0 saturated carbocycles. The lowest BCUT2D eigenvalue weighted by molar-refractivity contribution is -0.00496. The molecule has 336 valence electrons. The van der Waals surface area contributed by atoms with Gasteiger partial charge < -0.3 is 48.1 Å². The van der Waals surface area contributed by atoms with Crippen molar-refractivity contribution in [3.63, 3.8) is 0 Å². The number of fused-ring (bicyclic) bond motifs is 2. The van der Waals surface area contributed by atoms with Crippen molar-refractivity contribution in [2.75, 3.05) is 13.1 Å². The summed E-state index contributed by atoms with van der Waals surface area (Å²) in [4.78, 5) is 35.9. The van der Waals surface area contributed by atoms with Crippen molar-refractivity contribution in [1.29, 1.82) is 0 Å². The molecule has 2 aliphatic rings. The standard InChI is InChI=1S/C24H29N3O4.C13H9FN2O.C11H21NO3/c1-16-11-20(9-10-27(16)23(29)31-24(2,3)4)30-22-12-18(14-26-15-25-13-21(22)26)17-5-7-19(28)8-6-17;14-12-5-10(7-16-8-15-6-13(12)16)9-1-3-11(17)4-2-9;1-8-7-9(13)5-6-12(8)10(14)15-11(2,3)4/h5-8,12-16,20,28H,9-11H2,1-4H3;1-8,17H;8-9,13H,5-7H2,1-4H3/t16-,20-;;8-,9-/m1.1/s1. The Balaban J connectivity index is 0.000000174. The second kappa shape index (κ2) is 19.4. The number of nitrogens with zero attached hydrogens (tertiary/aromatic N) is 6. The zero-order valence-corrected chi connectivity index (χ0v) is 37.2. The van der Waals surface area contributed by atoms with Crippen molar-refractivity contribution in [1.82, 2.24) is 28.6 Å². The number of amides is 2. The van der Waals surface area contributed by atoms with Gasteiger partial charge in [-0.1, -0.05) is 24.3 Å². The van der Waals surface area contributed by atoms with E-state index in [0.717, 1.165) is 46.4 Å². The van der Waals surface area contributed by atoms with Crippen LogP contribution < -0.4 is 4.74 Å². The smallest absolute Gasteiger partial charge is 0.410 e. The van der Waals surface area contributed by atoms with Crippen LogP contribution in [0.3, 0.4) is 0 Å². The Hall–Kier alpha value is -6.35. The molecule has 0 unspecified atom stereocenters. The molecule has 6 aromatic rings. The van der Waals surface area contributed by atoms with Crippen molar-refractivity contribution in [2.45, 2.75) is 117 Å². The third kappa shape index (κ3) is 12.4. The maximum atomic E-state index is 13.7. The first kappa shape index (κ1) is 46.2. The zero-order chi connectivity index (χ0) is 45.6. The first-order valence-corrected chi connectivity index (χ1v) is 21.2. The van der Waals surface area contributed by atoms with Crippen molar-refractivity contribution in [3.05, 3.63) is 104 Å². The molecule has 2 fully saturated rings. The van der Waals surface area contributed by atoms with Gasteiger partial charge in [0, 0.05) is 61.5 Å². The van der Waals surface area contributed by atoms with Crippen LogP contribution >= 0.6 is 0 Å². The van der Waals surface area contributed by atoms with Crippen LogP contribution in [0.25, 0.3) is 33.3 Å². The van der Waals surface area contributed by atoms with E-state index in [-0.39, 0.29) is 53.8 Å². The van der Waals surface area contributed by atoms with E-state index in [9.17, 15) is 29.3 Å². The van der Waals surface area contributed by atoms with Gasteiger partial charge in [-0.15, -0.1) is 0 Å². The van der Waals surface area contributed by atoms with Gasteiger partial charge in [0.05, 0.1) is 31.2 Å². The summed E-state index contributed by atoms with van der Waals surface area (Å²) in [5.41, 5.74) is 3.92. The SMILES string of the molecule is C[C@@H]1C[C@H](O)CCN1C(=O)OC(C)(C)C.C[C@@H]1C[C@H](Oc2cc(-c3ccc(O)cc3)cn3cncc23)CCN1C(=O)OC(C)(C)C.Oc1ccc(-c2cc(F)c3cncn3c2)cc1. The number of aliphatic hydroxyl groups excluding tert-OH is 1. The van der Waals surface area contributed by atoms with Crippen LogP contribution in [0.2, 0.25) is 0 Å². The molecule has 6 heterocycles. The second-order valence-corrected chi connectivity index (χ2v) is 18.1. The molecule has 2 saturated heterocycles. The Bertz CT molecular complexity index is 2470. The number of aromatic hydroxyl groups is 2. The molecule has 0 aliphatic carbocycles. The topological polar surface area (TPSA) is 164 Å². The molecule has 15 heteroatoms. The molecule has 2 aromatic carbocycles. The molecule has 0 radical (unpaired) electrons. The highest BCUT2D eigenvalue weighted by Crippen LogP contribution is 2.32. The van der Waals surface area contributed by atoms with E-state index in [1.165, 1.54) is 12.3 Å². The van der Waals surface area contributed by atoms with Crippen LogP contribution in [0.4, 0.5) is 14.0 Å². The fraction of sp³-hybridized carbons (Fsp3) is 0.417. The van der Waals surface area contributed by atoms with Crippen molar-refractivity contribution >= 4 is 23.2 Å². The number of imidazole rings is 2. The van der Waals surface area contributed by atoms with Crippen LogP contribution in [0, 0.1) is 5.82 Å². The van der Waals surface area contributed by atoms with Gasteiger partial charge in [0.15, 0.2) is 0 Å². The molecular weight excluding hydrogens is 808 g/mol. The number of benzene rings is 2. The third-order valence-electron chi connectivity index (χ3n) is 10.6. The first-order valence-electron chi connectivity index (χ1n) is 21.2. The number of halogens is 1. The highest BCUT2D eigenvalue weighted by Gasteiger charge is 2.33. The average Bonchev–Trinajstić information content (AvgIpc) is 3.88. The number of rotatable bonds is 4. The number of aliphatic hydroxyl groups is 1. The quantitative estimate of drug-likeness (QED) is 0.156. The summed E-state index contributed by atoms with van der Waals surface area (Å²) < 4.78 is 34.6. The molecule has 4 aromatic heterocycles. The Morgan fingerprint density at radius 2 is 1.13 bits per heavy atom. The third-order valence-corrected chi connectivity index (χ3v) is 10.6. The highest BCUT2D eigenvalue weighted by molar-refractivity contribution is 5.72. The maximum absolute atomic E-state index is 13.7. The number of phenolic OH excluding ortho intramolecular Hbond substituents is 2. The van der Waals surface area contributed by atoms with Gasteiger partial charge in [-0.2, -0.15) is 0 Å². The van der Waals surface area contributed by atoms with Crippen molar-refractivity contribution in [2.24, 2.45) is 0 Å². The molecule has 2 amide bonds. The van der Waals surface area contributed by atoms with Gasteiger partial charge in [0.1, 0.15) is 51.4 Å². The Morgan fingerprint density at radius 1 is 0.667 bits per heavy atom. The predicted octanol–water partition coefficient (Wildman–Crippen LogP) is 9.49. The average molecular weight is 867 g/mol. The second-order valence-electron chi connectivity index (χ2n) is 18.1. The zero-order valence-electron chi connectivity index (χ0n) is 37.2. The summed E-state index contributed by atoms with van der Waals surface area (Å²) in [7, 11) is 0. The summed E-state index contributed by atoms with van der Waals surface area (Å²) in [5.74, 6) is 0.867. The van der Waals surface area contributed by atoms with Crippen molar-refractivity contribution < 1.29 is 43.5 Å². The minimum atomic E-state index is -0.508. The van der Waals surface area contributed by atoms with Gasteiger partial charge in [-0.3, -0.25) is 0 Å². The van der Waals surface area contributed by atoms with E-state index in [0.29, 0.717) is 31.4 Å². The number of hydrogen-bond donors (Lipinski definition) is 3. The largest absolute Gasteiger partial charge is 0.508 e. The Morgan fingerprint density at radius 3 is 1.62 bits per heavy atom. The minimum Gasteiger partial charge on any atom is -0.508 e. The van der Waals surface area contributed by atoms with Gasteiger partial charge >= 0.3 is 12.2 Å². The molecule has 4 atom stereocenters. The van der Waals surface area contributed by atoms with Crippen LogP contribution in [0.1, 0.15) is 81.1 Å². The lowest BCUT2D eigenvalue weighted by Crippen LogP contribution is -2.49. The molecular formula is C48H59FN6O8. The summed E-state index contributed by atoms with van der Waals surface area (Å²) in [6, 6.07) is 17.3. The maximum Gasteiger partial charge on any atom is 0.410 e. The lowest BCUT2D eigenvalue weighted by Gasteiger charge is -2.38. The summed E-state index contributed by atoms with van der Waals surface area (Å²) in [6.45, 7) is 16.3. The van der Waals surface area contributed by atoms with E-state index in [4.69, 9.17) is 14.2 Å². The monoisotopic (exact) mass is 866 g/mol. The molecule has 0 spiro atoms. The van der Waals surface area contributed by atoms with Crippen LogP contribution in [0.15, 0.2) is 98.1 Å². The molecule has 63 heavy (non-hydrogen) atoms. The summed E-state index contributed by atoms with van der Waals surface area (Å²) in [5, 5.41) is 28.2. The number of piperidine rings is 2. The molecule has 14 nitrogen and oxygen atoms in total. The van der Waals surface area contributed by atoms with Gasteiger partial charge in [-0.05, 0) is 116 Å². The van der Waals surface area contributed by atoms with E-state index in [1.807, 2.05) is 84.2 Å². The fourth-order valence-electron chi connectivity index (χ4n) is 7.46. The number of carbonyl (C=O) groups excluding carboxylic acids is 2. The number of hydrogen-bond acceptors (Lipinski definition) is 10. The number of pyridine rings is 2. The number of ether oxygens (including phenoxy) is 3. The van der Waals surface area contributed by atoms with E-state index in [2.05, 4.69) is 9.97 Å². The molecule has 0 bridgehead atoms. The predicted molar refractivity (Wildman–Crippen MR) is 238 cm³/mol. The number of likely N-dealkylation sites (tertiary alicyclic amines) is 2. The van der Waals surface area contributed by atoms with Crippen LogP contribution in [-0.4, -0.2) is 105 Å². The van der Waals surface area contributed by atoms with Gasteiger partial charge in [-0.25, -0.2) is 23.9 Å². The summed E-state index contributed by atoms with van der Waals surface area (Å²) in [6.07, 6.45) is 12.3. The normalized spacial score (nSPS) is 19.1. The van der Waals surface area contributed by atoms with Crippen molar-refractivity contribution in [3.8, 4) is 39.5 Å². The minimum absolute atomic E-state index is 0.0116. The Labute approximate surface area is 367 Å². The molecule has 8 rings (SSSR count). The number of aromatic nitrogens is 4. The van der Waals surface area contributed by atoms with Crippen LogP contribution in [0.5, 0.6) is 17.2 Å².